The lowest BCUT2D eigenvalue weighted by Crippen LogP contribution is -2.21. The monoisotopic (exact) mass is 155 g/mol. The topological polar surface area (TPSA) is 67.2 Å². The second-order valence-corrected chi connectivity index (χ2v) is 2.08. The van der Waals surface area contributed by atoms with Gasteiger partial charge in [-0.25, -0.2) is 4.98 Å². The molecule has 0 aromatic carbocycles. The Balaban J connectivity index is 3.04. The summed E-state index contributed by atoms with van der Waals surface area (Å²) >= 11 is 0. The van der Waals surface area contributed by atoms with Gasteiger partial charge in [-0.2, -0.15) is 0 Å². The van der Waals surface area contributed by atoms with E-state index in [1.807, 2.05) is 0 Å². The Labute approximate surface area is 63.7 Å². The fraction of sp³-hybridized carbons (Fsp3) is 0.333. The van der Waals surface area contributed by atoms with Crippen LogP contribution < -0.4 is 5.32 Å². The molecule has 0 spiro atoms. The van der Waals surface area contributed by atoms with Gasteiger partial charge >= 0.3 is 0 Å². The highest BCUT2D eigenvalue weighted by Gasteiger charge is 2.11. The number of hydrogen-bond acceptors (Lipinski definition) is 3. The number of imidazole rings is 1. The Bertz CT molecular complexity index is 279. The van der Waals surface area contributed by atoms with Gasteiger partial charge in [-0.1, -0.05) is 0 Å². The van der Waals surface area contributed by atoms with Crippen molar-refractivity contribution in [3.05, 3.63) is 12.0 Å². The molecule has 5 nitrogen and oxygen atoms in total. The van der Waals surface area contributed by atoms with Crippen LogP contribution in [0, 0.1) is 0 Å². The van der Waals surface area contributed by atoms with Crippen molar-refractivity contribution in [2.45, 2.75) is 0 Å². The van der Waals surface area contributed by atoms with Crippen LogP contribution >= 0.6 is 0 Å². The molecule has 1 rings (SSSR count). The number of carbonyl (C=O) groups excluding carboxylic acids is 1. The number of carbonyl (C=O) groups is 1. The summed E-state index contributed by atoms with van der Waals surface area (Å²) in [5.74, 6) is -0.138. The number of nitrogens with zero attached hydrogens (tertiary/aromatic N) is 2. The quantitative estimate of drug-likeness (QED) is 0.573. The molecule has 0 aliphatic carbocycles. The summed E-state index contributed by atoms with van der Waals surface area (Å²) in [4.78, 5) is 14.6. The SMILES string of the molecule is CNC(=O)c1ncc(O)n1C. The normalized spacial score (nSPS) is 9.64. The molecule has 0 atom stereocenters. The molecular weight excluding hydrogens is 146 g/mol. The van der Waals surface area contributed by atoms with Crippen LogP contribution in [0.4, 0.5) is 0 Å². The summed E-state index contributed by atoms with van der Waals surface area (Å²) in [6, 6.07) is 0. The van der Waals surface area contributed by atoms with Crippen LogP contribution in [0.2, 0.25) is 0 Å². The van der Waals surface area contributed by atoms with Crippen LogP contribution in [0.25, 0.3) is 0 Å². The Morgan fingerprint density at radius 3 is 2.82 bits per heavy atom. The molecule has 0 saturated carbocycles. The highest BCUT2D eigenvalue weighted by Crippen LogP contribution is 2.07. The van der Waals surface area contributed by atoms with Gasteiger partial charge in [-0.05, 0) is 0 Å². The first-order chi connectivity index (χ1) is 5.16. The van der Waals surface area contributed by atoms with E-state index in [-0.39, 0.29) is 17.6 Å². The Kier molecular flexibility index (Phi) is 1.80. The van der Waals surface area contributed by atoms with Crippen molar-refractivity contribution in [1.82, 2.24) is 14.9 Å². The largest absolute Gasteiger partial charge is 0.493 e. The molecule has 1 heterocycles. The van der Waals surface area contributed by atoms with Crippen molar-refractivity contribution < 1.29 is 9.90 Å². The maximum Gasteiger partial charge on any atom is 0.287 e. The van der Waals surface area contributed by atoms with Crippen molar-refractivity contribution in [1.29, 1.82) is 0 Å². The number of rotatable bonds is 1. The van der Waals surface area contributed by atoms with Crippen LogP contribution in [-0.2, 0) is 7.05 Å². The Morgan fingerprint density at radius 2 is 2.45 bits per heavy atom. The maximum absolute atomic E-state index is 10.9. The van der Waals surface area contributed by atoms with Crippen molar-refractivity contribution in [2.75, 3.05) is 7.05 Å². The highest BCUT2D eigenvalue weighted by atomic mass is 16.3. The zero-order valence-corrected chi connectivity index (χ0v) is 6.33. The van der Waals surface area contributed by atoms with Crippen LogP contribution in [0.5, 0.6) is 5.88 Å². The number of nitrogens with one attached hydrogen (secondary N) is 1. The smallest absolute Gasteiger partial charge is 0.287 e. The first-order valence-electron chi connectivity index (χ1n) is 3.09. The van der Waals surface area contributed by atoms with Crippen molar-refractivity contribution in [3.63, 3.8) is 0 Å². The molecule has 0 unspecified atom stereocenters. The van der Waals surface area contributed by atoms with E-state index in [2.05, 4.69) is 10.3 Å². The molecular formula is C6H9N3O2. The molecule has 0 radical (unpaired) electrons. The predicted octanol–water partition coefficient (Wildman–Crippen LogP) is -0.515. The third kappa shape index (κ3) is 1.17. The fourth-order valence-corrected chi connectivity index (χ4v) is 0.723. The molecule has 0 aliphatic rings. The van der Waals surface area contributed by atoms with E-state index >= 15 is 0 Å². The molecule has 0 bridgehead atoms. The predicted molar refractivity (Wildman–Crippen MR) is 38.3 cm³/mol. The summed E-state index contributed by atoms with van der Waals surface area (Å²) in [6.07, 6.45) is 1.23. The number of aromatic hydroxyl groups is 1. The molecule has 2 N–H and O–H groups in total. The highest BCUT2D eigenvalue weighted by molar-refractivity contribution is 5.90. The summed E-state index contributed by atoms with van der Waals surface area (Å²) in [5.41, 5.74) is 0. The number of hydrogen-bond donors (Lipinski definition) is 2. The zero-order valence-electron chi connectivity index (χ0n) is 6.33. The third-order valence-electron chi connectivity index (χ3n) is 1.39. The van der Waals surface area contributed by atoms with E-state index in [9.17, 15) is 4.79 Å². The van der Waals surface area contributed by atoms with E-state index in [1.165, 1.54) is 17.8 Å². The van der Waals surface area contributed by atoms with Gasteiger partial charge < -0.3 is 10.4 Å². The molecule has 11 heavy (non-hydrogen) atoms. The fourth-order valence-electron chi connectivity index (χ4n) is 0.723. The first kappa shape index (κ1) is 7.59. The van der Waals surface area contributed by atoms with Crippen molar-refractivity contribution in [2.24, 2.45) is 7.05 Å². The van der Waals surface area contributed by atoms with Gasteiger partial charge in [0.1, 0.15) is 0 Å². The molecule has 0 aliphatic heterocycles. The van der Waals surface area contributed by atoms with Gasteiger partial charge in [0.05, 0.1) is 6.20 Å². The Hall–Kier alpha value is -1.52. The molecule has 1 aromatic heterocycles. The minimum absolute atomic E-state index is 0.0244. The number of amides is 1. The Morgan fingerprint density at radius 1 is 1.82 bits per heavy atom. The summed E-state index contributed by atoms with van der Waals surface area (Å²) in [6.45, 7) is 0. The van der Waals surface area contributed by atoms with Gasteiger partial charge in [0.2, 0.25) is 11.7 Å². The van der Waals surface area contributed by atoms with E-state index in [0.717, 1.165) is 0 Å². The average molecular weight is 155 g/mol. The lowest BCUT2D eigenvalue weighted by Gasteiger charge is -1.98. The van der Waals surface area contributed by atoms with Crippen LogP contribution in [-0.4, -0.2) is 27.6 Å². The maximum atomic E-state index is 10.9. The molecule has 1 amide bonds. The average Bonchev–Trinajstić information content (AvgIpc) is 2.32. The van der Waals surface area contributed by atoms with Gasteiger partial charge in [0.15, 0.2) is 0 Å². The summed E-state index contributed by atoms with van der Waals surface area (Å²) < 4.78 is 1.30. The van der Waals surface area contributed by atoms with Crippen LogP contribution in [0.1, 0.15) is 10.6 Å². The standard InChI is InChI=1S/C6H9N3O2/c1-7-6(11)5-8-3-4(10)9(5)2/h3,10H,1-2H3,(H,7,11). The second kappa shape index (κ2) is 2.61. The molecule has 5 heteroatoms. The lowest BCUT2D eigenvalue weighted by molar-refractivity contribution is 0.0949. The molecule has 60 valence electrons. The summed E-state index contributed by atoms with van der Waals surface area (Å²) in [7, 11) is 3.07. The van der Waals surface area contributed by atoms with Crippen molar-refractivity contribution in [3.8, 4) is 5.88 Å². The number of aromatic nitrogens is 2. The second-order valence-electron chi connectivity index (χ2n) is 2.08. The minimum Gasteiger partial charge on any atom is -0.493 e. The molecule has 0 saturated heterocycles. The zero-order chi connectivity index (χ0) is 8.43. The first-order valence-corrected chi connectivity index (χ1v) is 3.09. The van der Waals surface area contributed by atoms with E-state index < -0.39 is 0 Å². The molecule has 0 fully saturated rings. The third-order valence-corrected chi connectivity index (χ3v) is 1.39. The van der Waals surface area contributed by atoms with Crippen LogP contribution in [0.15, 0.2) is 6.20 Å². The lowest BCUT2D eigenvalue weighted by atomic mass is 10.5. The van der Waals surface area contributed by atoms with Crippen molar-refractivity contribution >= 4 is 5.91 Å². The van der Waals surface area contributed by atoms with E-state index in [4.69, 9.17) is 5.11 Å². The van der Waals surface area contributed by atoms with Gasteiger partial charge in [0.25, 0.3) is 5.91 Å². The minimum atomic E-state index is -0.312. The summed E-state index contributed by atoms with van der Waals surface area (Å²) in [5, 5.41) is 11.4. The van der Waals surface area contributed by atoms with Gasteiger partial charge in [0, 0.05) is 14.1 Å². The van der Waals surface area contributed by atoms with E-state index in [0.29, 0.717) is 0 Å². The van der Waals surface area contributed by atoms with Gasteiger partial charge in [-0.3, -0.25) is 9.36 Å². The van der Waals surface area contributed by atoms with E-state index in [1.54, 1.807) is 7.05 Å². The molecule has 1 aromatic rings. The van der Waals surface area contributed by atoms with Crippen LogP contribution in [0.3, 0.4) is 0 Å². The van der Waals surface area contributed by atoms with Gasteiger partial charge in [-0.15, -0.1) is 0 Å².